The van der Waals surface area contributed by atoms with Crippen LogP contribution >= 0.6 is 0 Å². The summed E-state index contributed by atoms with van der Waals surface area (Å²) in [6.07, 6.45) is 9.78. The molecule has 352 valence electrons. The minimum absolute atomic E-state index is 0.0746. The third-order valence-corrected chi connectivity index (χ3v) is 6.57. The van der Waals surface area contributed by atoms with Crippen LogP contribution in [0.2, 0.25) is 0 Å². The number of hydrogen-bond acceptors (Lipinski definition) is 25. The highest BCUT2D eigenvalue weighted by Crippen LogP contribution is 1.96. The quantitative estimate of drug-likeness (QED) is 0.0547. The van der Waals surface area contributed by atoms with Crippen molar-refractivity contribution in [1.82, 2.24) is 89.0 Å². The lowest BCUT2D eigenvalue weighted by Crippen LogP contribution is -2.10. The van der Waals surface area contributed by atoms with Gasteiger partial charge in [0.1, 0.15) is 77.6 Å². The predicted octanol–water partition coefficient (Wildman–Crippen LogP) is -3.29. The summed E-state index contributed by atoms with van der Waals surface area (Å²) in [6, 6.07) is 0. The zero-order valence-corrected chi connectivity index (χ0v) is 36.8. The molecule has 0 saturated heterocycles. The van der Waals surface area contributed by atoms with E-state index >= 15 is 0 Å². The predicted molar refractivity (Wildman–Crippen MR) is 209 cm³/mol. The molecule has 64 heavy (non-hydrogen) atoms. The molecule has 0 radical (unpaired) electrons. The van der Waals surface area contributed by atoms with Crippen LogP contribution in [0.3, 0.4) is 0 Å². The Kier molecular flexibility index (Phi) is 25.3. The normalized spacial score (nSPS) is 10.1. The maximum Gasteiger partial charge on any atom is 0.377 e. The van der Waals surface area contributed by atoms with Gasteiger partial charge >= 0.3 is 23.9 Å². The zero-order chi connectivity index (χ0) is 48.1. The molecule has 6 rings (SSSR count). The number of carbonyl (C=O) groups excluding carboxylic acids is 3. The zero-order valence-electron chi connectivity index (χ0n) is 36.0. The van der Waals surface area contributed by atoms with Gasteiger partial charge in [-0.05, 0) is 0 Å². The third kappa shape index (κ3) is 25.3. The first-order valence-electron chi connectivity index (χ1n) is 17.4. The Morgan fingerprint density at radius 1 is 0.609 bits per heavy atom. The summed E-state index contributed by atoms with van der Waals surface area (Å²) >= 11 is 0. The number of aryl methyl sites for hydroxylation is 5. The van der Waals surface area contributed by atoms with Crippen LogP contribution in [-0.4, -0.2) is 172 Å². The summed E-state index contributed by atoms with van der Waals surface area (Å²) in [7, 11) is 9.10. The SMILES string of the molecule is COC(=O)COCc1ncn(C)n1.COC(=O)c1ncn(C)n1.COC(=O)c1ncn[nH]1.Cn1cnc(CO)n1.Cn1cnc(COCC(=O)O)n1.Cn1cnc(COS(C)(=O)=O)n1. The summed E-state index contributed by atoms with van der Waals surface area (Å²) in [6.45, 7) is -0.239. The molecule has 0 bridgehead atoms. The lowest BCUT2D eigenvalue weighted by molar-refractivity contribution is -0.146. The van der Waals surface area contributed by atoms with Crippen LogP contribution in [0, 0.1) is 0 Å². The molecule has 6 aromatic heterocycles. The van der Waals surface area contributed by atoms with Gasteiger partial charge in [0.25, 0.3) is 15.9 Å². The molecule has 0 spiro atoms. The fourth-order valence-corrected chi connectivity index (χ4v) is 3.72. The van der Waals surface area contributed by atoms with E-state index in [0.29, 0.717) is 23.3 Å². The van der Waals surface area contributed by atoms with Crippen molar-refractivity contribution in [3.63, 3.8) is 0 Å². The van der Waals surface area contributed by atoms with Gasteiger partial charge in [-0.3, -0.25) is 32.7 Å². The van der Waals surface area contributed by atoms with E-state index in [0.717, 1.165) is 6.26 Å². The number of aromatic amines is 1. The Balaban J connectivity index is 0.000000387. The van der Waals surface area contributed by atoms with E-state index in [1.165, 1.54) is 60.7 Å². The molecular formula is C31H48N18O14S. The summed E-state index contributed by atoms with van der Waals surface area (Å²) in [5, 5.41) is 41.6. The fraction of sp³-hybridized carbons (Fsp3) is 0.484. The van der Waals surface area contributed by atoms with Crippen molar-refractivity contribution in [1.29, 1.82) is 0 Å². The molecule has 32 nitrogen and oxygen atoms in total. The molecule has 0 aliphatic heterocycles. The van der Waals surface area contributed by atoms with Gasteiger partial charge in [-0.2, -0.15) is 33.9 Å². The molecule has 0 aromatic carbocycles. The van der Waals surface area contributed by atoms with Crippen LogP contribution in [-0.2, 0) is 109 Å². The van der Waals surface area contributed by atoms with E-state index in [1.54, 1.807) is 57.3 Å². The molecule has 0 saturated carbocycles. The van der Waals surface area contributed by atoms with E-state index in [4.69, 9.17) is 19.7 Å². The molecule has 0 fully saturated rings. The van der Waals surface area contributed by atoms with Gasteiger partial charge in [0.2, 0.25) is 5.82 Å². The van der Waals surface area contributed by atoms with Gasteiger partial charge in [0, 0.05) is 35.2 Å². The highest BCUT2D eigenvalue weighted by Gasteiger charge is 2.09. The number of aliphatic carboxylic acids is 1. The summed E-state index contributed by atoms with van der Waals surface area (Å²) in [5.41, 5.74) is 0. The highest BCUT2D eigenvalue weighted by molar-refractivity contribution is 7.85. The Bertz CT molecular complexity index is 2360. The van der Waals surface area contributed by atoms with Crippen LogP contribution < -0.4 is 0 Å². The van der Waals surface area contributed by atoms with E-state index in [9.17, 15) is 27.6 Å². The smallest absolute Gasteiger partial charge is 0.377 e. The molecular weight excluding hydrogens is 881 g/mol. The Labute approximate surface area is 363 Å². The first-order chi connectivity index (χ1) is 30.3. The van der Waals surface area contributed by atoms with Crippen LogP contribution in [0.5, 0.6) is 0 Å². The second-order valence-electron chi connectivity index (χ2n) is 11.5. The molecule has 0 aliphatic carbocycles. The molecule has 6 heterocycles. The fourth-order valence-electron chi connectivity index (χ4n) is 3.41. The molecule has 33 heteroatoms. The van der Waals surface area contributed by atoms with Crippen LogP contribution in [0.15, 0.2) is 38.0 Å². The van der Waals surface area contributed by atoms with Gasteiger partial charge in [-0.25, -0.2) is 49.1 Å². The number of carboxylic acid groups (broad SMARTS) is 1. The molecule has 3 N–H and O–H groups in total. The van der Waals surface area contributed by atoms with E-state index in [2.05, 4.69) is 84.0 Å². The van der Waals surface area contributed by atoms with E-state index in [-0.39, 0.29) is 51.3 Å². The molecule has 6 aromatic rings. The van der Waals surface area contributed by atoms with Crippen molar-refractivity contribution in [2.45, 2.75) is 26.4 Å². The molecule has 0 amide bonds. The number of aliphatic hydroxyl groups is 1. The number of carboxylic acids is 1. The number of ether oxygens (including phenoxy) is 5. The minimum atomic E-state index is -3.40. The lowest BCUT2D eigenvalue weighted by Gasteiger charge is -1.98. The monoisotopic (exact) mass is 928 g/mol. The average molecular weight is 929 g/mol. The first kappa shape index (κ1) is 54.5. The van der Waals surface area contributed by atoms with Gasteiger partial charge in [0.05, 0.1) is 27.6 Å². The number of carbonyl (C=O) groups is 4. The highest BCUT2D eigenvalue weighted by atomic mass is 32.2. The number of nitrogens with one attached hydrogen (secondary N) is 1. The van der Waals surface area contributed by atoms with Crippen LogP contribution in [0.25, 0.3) is 0 Å². The number of rotatable bonds is 14. The summed E-state index contributed by atoms with van der Waals surface area (Å²) in [5.74, 6) is -0.363. The largest absolute Gasteiger partial charge is 0.480 e. The number of H-pyrrole nitrogens is 1. The maximum absolute atomic E-state index is 10.7. The van der Waals surface area contributed by atoms with Crippen molar-refractivity contribution in [3.8, 4) is 0 Å². The van der Waals surface area contributed by atoms with Gasteiger partial charge in [-0.15, -0.1) is 5.10 Å². The second kappa shape index (κ2) is 29.7. The number of methoxy groups -OCH3 is 3. The van der Waals surface area contributed by atoms with Gasteiger partial charge in [-0.1, -0.05) is 0 Å². The Morgan fingerprint density at radius 2 is 1.05 bits per heavy atom. The number of aromatic nitrogens is 18. The van der Waals surface area contributed by atoms with Crippen molar-refractivity contribution in [2.24, 2.45) is 35.2 Å². The number of nitrogens with zero attached hydrogens (tertiary/aromatic N) is 17. The topological polar surface area (TPSA) is 393 Å². The standard InChI is InChI=1S/C7H11N3O3.C6H9N3O3.C5H9N3O3S.C5H7N3O2.C4H5N3O2.C4H7N3O/c1-10-5-8-6(9-10)3-13-4-7(11)12-2;1-9-4-7-5(8-9)2-12-3-6(10)11;1-8-4-6-5(7-8)3-11-12(2,9)10;1-8-3-6-4(7-8)5(9)10-2;1-9-4(8)3-5-2-6-7-3;1-7-3-5-4(2-8)6-7/h5H,3-4H2,1-2H3;4H,2-3H2,1H3,(H,10,11);4H,3H2,1-2H3;3H,1-2H3;2H,1H3,(H,5,6,7);3,8H,2H2,1H3. The van der Waals surface area contributed by atoms with Crippen molar-refractivity contribution in [3.05, 3.63) is 72.9 Å². The number of hydrogen-bond donors (Lipinski definition) is 3. The lowest BCUT2D eigenvalue weighted by atomic mass is 10.6. The van der Waals surface area contributed by atoms with Gasteiger partial charge in [0.15, 0.2) is 23.3 Å². The first-order valence-corrected chi connectivity index (χ1v) is 19.3. The van der Waals surface area contributed by atoms with Crippen molar-refractivity contribution in [2.75, 3.05) is 40.8 Å². The van der Waals surface area contributed by atoms with Crippen LogP contribution in [0.1, 0.15) is 44.5 Å². The Hall–Kier alpha value is -7.49. The summed E-state index contributed by atoms with van der Waals surface area (Å²) in [4.78, 5) is 64.3. The van der Waals surface area contributed by atoms with Gasteiger partial charge < -0.3 is 33.9 Å². The van der Waals surface area contributed by atoms with E-state index in [1.807, 2.05) is 0 Å². The third-order valence-electron chi connectivity index (χ3n) is 6.03. The molecule has 0 atom stereocenters. The van der Waals surface area contributed by atoms with Crippen LogP contribution in [0.4, 0.5) is 0 Å². The number of aliphatic hydroxyl groups excluding tert-OH is 1. The number of esters is 3. The molecule has 0 aliphatic rings. The second-order valence-corrected chi connectivity index (χ2v) is 13.1. The van der Waals surface area contributed by atoms with Crippen molar-refractivity contribution < 1.29 is 65.7 Å². The maximum atomic E-state index is 10.7. The molecule has 0 unspecified atom stereocenters. The summed E-state index contributed by atoms with van der Waals surface area (Å²) < 4.78 is 55.9. The minimum Gasteiger partial charge on any atom is -0.480 e. The van der Waals surface area contributed by atoms with Crippen molar-refractivity contribution >= 4 is 34.0 Å². The average Bonchev–Trinajstić information content (AvgIpc) is 4.13. The Morgan fingerprint density at radius 3 is 1.38 bits per heavy atom. The van der Waals surface area contributed by atoms with E-state index < -0.39 is 34.0 Å².